The Bertz CT molecular complexity index is 602. The zero-order chi connectivity index (χ0) is 16.6. The van der Waals surface area contributed by atoms with Crippen LogP contribution in [0.4, 0.5) is 0 Å². The normalized spacial score (nSPS) is 15.2. The van der Waals surface area contributed by atoms with Gasteiger partial charge in [-0.05, 0) is 49.0 Å². The minimum absolute atomic E-state index is 1.03. The molecule has 0 N–H and O–H groups in total. The van der Waals surface area contributed by atoms with Crippen LogP contribution in [0.3, 0.4) is 0 Å². The van der Waals surface area contributed by atoms with Crippen LogP contribution in [0, 0.1) is 0 Å². The van der Waals surface area contributed by atoms with E-state index in [-0.39, 0.29) is 0 Å². The van der Waals surface area contributed by atoms with Crippen molar-refractivity contribution in [2.24, 2.45) is 0 Å². The van der Waals surface area contributed by atoms with Gasteiger partial charge in [-0.25, -0.2) is 0 Å². The summed E-state index contributed by atoms with van der Waals surface area (Å²) in [6.07, 6.45) is 3.86. The lowest BCUT2D eigenvalue weighted by molar-refractivity contribution is 0.212. The zero-order valence-corrected chi connectivity index (χ0v) is 15.0. The van der Waals surface area contributed by atoms with Gasteiger partial charge >= 0.3 is 0 Å². The van der Waals surface area contributed by atoms with Crippen molar-refractivity contribution in [2.45, 2.75) is 39.3 Å². The van der Waals surface area contributed by atoms with E-state index < -0.39 is 0 Å². The van der Waals surface area contributed by atoms with Gasteiger partial charge in [0.25, 0.3) is 0 Å². The van der Waals surface area contributed by atoms with Crippen LogP contribution in [0.1, 0.15) is 36.5 Å². The SMILES string of the molecule is CCc1cccc(CN(CCN2CCCC2)Cc2ccccc2)c1. The maximum absolute atomic E-state index is 2.61. The van der Waals surface area contributed by atoms with Gasteiger partial charge in [-0.2, -0.15) is 0 Å². The molecule has 1 saturated heterocycles. The van der Waals surface area contributed by atoms with Crippen LogP contribution in [-0.4, -0.2) is 36.0 Å². The lowest BCUT2D eigenvalue weighted by Crippen LogP contribution is -2.33. The van der Waals surface area contributed by atoms with E-state index in [1.165, 1.54) is 49.2 Å². The molecule has 1 heterocycles. The monoisotopic (exact) mass is 322 g/mol. The van der Waals surface area contributed by atoms with Crippen molar-refractivity contribution in [2.75, 3.05) is 26.2 Å². The van der Waals surface area contributed by atoms with Gasteiger partial charge in [0, 0.05) is 26.2 Å². The molecule has 128 valence electrons. The van der Waals surface area contributed by atoms with Crippen LogP contribution in [0.15, 0.2) is 54.6 Å². The summed E-state index contributed by atoms with van der Waals surface area (Å²) in [5.74, 6) is 0. The summed E-state index contributed by atoms with van der Waals surface area (Å²) in [5.41, 5.74) is 4.28. The maximum atomic E-state index is 2.61. The summed E-state index contributed by atoms with van der Waals surface area (Å²) in [6, 6.07) is 19.9. The smallest absolute Gasteiger partial charge is 0.0237 e. The highest BCUT2D eigenvalue weighted by Crippen LogP contribution is 2.13. The van der Waals surface area contributed by atoms with Crippen molar-refractivity contribution < 1.29 is 0 Å². The molecule has 0 radical (unpaired) electrons. The van der Waals surface area contributed by atoms with Gasteiger partial charge in [-0.3, -0.25) is 4.90 Å². The second-order valence-electron chi connectivity index (χ2n) is 6.92. The zero-order valence-electron chi connectivity index (χ0n) is 15.0. The first kappa shape index (κ1) is 17.2. The number of aryl methyl sites for hydroxylation is 1. The van der Waals surface area contributed by atoms with Crippen LogP contribution in [0.5, 0.6) is 0 Å². The second kappa shape index (κ2) is 9.00. The topological polar surface area (TPSA) is 6.48 Å². The molecule has 0 aromatic heterocycles. The van der Waals surface area contributed by atoms with Crippen LogP contribution in [-0.2, 0) is 19.5 Å². The highest BCUT2D eigenvalue weighted by molar-refractivity contribution is 5.23. The van der Waals surface area contributed by atoms with E-state index in [1.807, 2.05) is 0 Å². The van der Waals surface area contributed by atoms with Gasteiger partial charge in [0.2, 0.25) is 0 Å². The summed E-state index contributed by atoms with van der Waals surface area (Å²) in [7, 11) is 0. The highest BCUT2D eigenvalue weighted by atomic mass is 15.2. The molecular formula is C22H30N2. The summed E-state index contributed by atoms with van der Waals surface area (Å²) >= 11 is 0. The Balaban J connectivity index is 1.65. The molecule has 0 aliphatic carbocycles. The number of rotatable bonds is 8. The number of likely N-dealkylation sites (tertiary alicyclic amines) is 1. The number of hydrogen-bond donors (Lipinski definition) is 0. The first-order valence-electron chi connectivity index (χ1n) is 9.40. The maximum Gasteiger partial charge on any atom is 0.0237 e. The molecule has 1 aliphatic heterocycles. The van der Waals surface area contributed by atoms with Crippen molar-refractivity contribution in [3.8, 4) is 0 Å². The molecule has 2 heteroatoms. The minimum Gasteiger partial charge on any atom is -0.302 e. The predicted octanol–water partition coefficient (Wildman–Crippen LogP) is 4.35. The molecule has 0 bridgehead atoms. The van der Waals surface area contributed by atoms with Gasteiger partial charge in [0.1, 0.15) is 0 Å². The summed E-state index contributed by atoms with van der Waals surface area (Å²) in [4.78, 5) is 5.21. The molecule has 2 aromatic carbocycles. The Labute approximate surface area is 147 Å². The molecule has 0 atom stereocenters. The van der Waals surface area contributed by atoms with Gasteiger partial charge in [0.15, 0.2) is 0 Å². The molecule has 3 rings (SSSR count). The van der Waals surface area contributed by atoms with Gasteiger partial charge in [-0.1, -0.05) is 61.5 Å². The molecule has 2 nitrogen and oxygen atoms in total. The first-order valence-corrected chi connectivity index (χ1v) is 9.40. The van der Waals surface area contributed by atoms with E-state index in [0.717, 1.165) is 26.1 Å². The van der Waals surface area contributed by atoms with Crippen LogP contribution >= 0.6 is 0 Å². The fourth-order valence-corrected chi connectivity index (χ4v) is 3.55. The third-order valence-electron chi connectivity index (χ3n) is 4.99. The third kappa shape index (κ3) is 5.19. The number of hydrogen-bond acceptors (Lipinski definition) is 2. The van der Waals surface area contributed by atoms with E-state index in [0.29, 0.717) is 0 Å². The van der Waals surface area contributed by atoms with Crippen LogP contribution in [0.2, 0.25) is 0 Å². The van der Waals surface area contributed by atoms with Crippen LogP contribution < -0.4 is 0 Å². The second-order valence-corrected chi connectivity index (χ2v) is 6.92. The summed E-state index contributed by atoms with van der Waals surface area (Å²) < 4.78 is 0. The molecule has 0 unspecified atom stereocenters. The fourth-order valence-electron chi connectivity index (χ4n) is 3.55. The Hall–Kier alpha value is -1.64. The van der Waals surface area contributed by atoms with E-state index >= 15 is 0 Å². The molecule has 0 spiro atoms. The number of nitrogens with zero attached hydrogens (tertiary/aromatic N) is 2. The summed E-state index contributed by atoms with van der Waals surface area (Å²) in [6.45, 7) is 9.20. The predicted molar refractivity (Wildman–Crippen MR) is 102 cm³/mol. The van der Waals surface area contributed by atoms with Crippen molar-refractivity contribution in [1.29, 1.82) is 0 Å². The average molecular weight is 322 g/mol. The molecule has 0 amide bonds. The van der Waals surface area contributed by atoms with Crippen molar-refractivity contribution in [1.82, 2.24) is 9.80 Å². The molecular weight excluding hydrogens is 292 g/mol. The molecule has 1 fully saturated rings. The third-order valence-corrected chi connectivity index (χ3v) is 4.99. The number of benzene rings is 2. The quantitative estimate of drug-likeness (QED) is 0.713. The molecule has 0 saturated carbocycles. The fraction of sp³-hybridized carbons (Fsp3) is 0.455. The van der Waals surface area contributed by atoms with Crippen molar-refractivity contribution in [3.63, 3.8) is 0 Å². The molecule has 2 aromatic rings. The Morgan fingerprint density at radius 3 is 2.25 bits per heavy atom. The lowest BCUT2D eigenvalue weighted by Gasteiger charge is -2.25. The molecule has 1 aliphatic rings. The summed E-state index contributed by atoms with van der Waals surface area (Å²) in [5, 5.41) is 0. The Kier molecular flexibility index (Phi) is 6.45. The Morgan fingerprint density at radius 2 is 1.50 bits per heavy atom. The average Bonchev–Trinajstić information content (AvgIpc) is 3.14. The van der Waals surface area contributed by atoms with E-state index in [9.17, 15) is 0 Å². The van der Waals surface area contributed by atoms with E-state index in [2.05, 4.69) is 71.3 Å². The standard InChI is InChI=1S/C22H30N2/c1-2-20-11-8-12-22(17-20)19-24(16-15-23-13-6-7-14-23)18-21-9-4-3-5-10-21/h3-5,8-12,17H,2,6-7,13-16,18-19H2,1H3. The van der Waals surface area contributed by atoms with Crippen molar-refractivity contribution >= 4 is 0 Å². The van der Waals surface area contributed by atoms with E-state index in [4.69, 9.17) is 0 Å². The van der Waals surface area contributed by atoms with Crippen LogP contribution in [0.25, 0.3) is 0 Å². The van der Waals surface area contributed by atoms with Gasteiger partial charge < -0.3 is 4.90 Å². The largest absolute Gasteiger partial charge is 0.302 e. The van der Waals surface area contributed by atoms with Gasteiger partial charge in [-0.15, -0.1) is 0 Å². The Morgan fingerprint density at radius 1 is 0.833 bits per heavy atom. The highest BCUT2D eigenvalue weighted by Gasteiger charge is 2.14. The van der Waals surface area contributed by atoms with Gasteiger partial charge in [0.05, 0.1) is 0 Å². The minimum atomic E-state index is 1.03. The van der Waals surface area contributed by atoms with Crippen molar-refractivity contribution in [3.05, 3.63) is 71.3 Å². The van der Waals surface area contributed by atoms with E-state index in [1.54, 1.807) is 0 Å². The molecule has 24 heavy (non-hydrogen) atoms. The lowest BCUT2D eigenvalue weighted by atomic mass is 10.1. The first-order chi connectivity index (χ1) is 11.8.